The Morgan fingerprint density at radius 2 is 1.55 bits per heavy atom. The van der Waals surface area contributed by atoms with Crippen LogP contribution in [-0.4, -0.2) is 29.6 Å². The van der Waals surface area contributed by atoms with E-state index in [0.29, 0.717) is 18.2 Å². The smallest absolute Gasteiger partial charge is 0.108 e. The molecule has 2 nitrogen and oxygen atoms in total. The van der Waals surface area contributed by atoms with Crippen molar-refractivity contribution in [3.8, 4) is 0 Å². The van der Waals surface area contributed by atoms with Crippen LogP contribution < -0.4 is 0 Å². The first-order valence-electron chi connectivity index (χ1n) is 11.1. The molecule has 2 aliphatic heterocycles. The van der Waals surface area contributed by atoms with Crippen molar-refractivity contribution in [3.05, 3.63) is 83.9 Å². The third kappa shape index (κ3) is 4.49. The molecule has 0 saturated carbocycles. The Hall–Kier alpha value is -1.90. The fourth-order valence-corrected chi connectivity index (χ4v) is 5.11. The summed E-state index contributed by atoms with van der Waals surface area (Å²) in [4.78, 5) is 2.64. The molecule has 2 aromatic carbocycles. The Kier molecular flexibility index (Phi) is 5.94. The number of piperidine rings is 1. The van der Waals surface area contributed by atoms with Gasteiger partial charge < -0.3 is 4.74 Å². The zero-order valence-electron chi connectivity index (χ0n) is 18.2. The van der Waals surface area contributed by atoms with Crippen LogP contribution in [0.3, 0.4) is 0 Å². The van der Waals surface area contributed by atoms with Crippen molar-refractivity contribution in [1.29, 1.82) is 0 Å². The number of hydrogen-bond donors (Lipinski definition) is 0. The number of rotatable bonds is 6. The van der Waals surface area contributed by atoms with Crippen LogP contribution >= 0.6 is 0 Å². The number of ether oxygens (including phenoxy) is 1. The predicted octanol–water partition coefficient (Wildman–Crippen LogP) is 6.27. The molecule has 2 bridgehead atoms. The van der Waals surface area contributed by atoms with Crippen LogP contribution in [0.4, 0.5) is 0 Å². The van der Waals surface area contributed by atoms with Crippen molar-refractivity contribution in [1.82, 2.24) is 4.90 Å². The normalized spacial score (nSPS) is 25.7. The minimum Gasteiger partial charge on any atom is -0.365 e. The maximum atomic E-state index is 6.84. The second-order valence-corrected chi connectivity index (χ2v) is 9.76. The van der Waals surface area contributed by atoms with E-state index >= 15 is 0 Å². The molecule has 4 rings (SSSR count). The predicted molar refractivity (Wildman–Crippen MR) is 121 cm³/mol. The van der Waals surface area contributed by atoms with Gasteiger partial charge in [-0.15, -0.1) is 6.58 Å². The van der Waals surface area contributed by atoms with Crippen LogP contribution in [0.15, 0.2) is 67.3 Å². The fourth-order valence-electron chi connectivity index (χ4n) is 5.11. The van der Waals surface area contributed by atoms with Crippen LogP contribution in [-0.2, 0) is 10.2 Å². The standard InChI is InChI=1S/C27H35NO/c1-5-17-28-23-15-16-24(28)19-25(18-23)29-26(20-9-7-6-8-10-20)21-11-13-22(14-12-21)27(2,3)4/h5-14,23-26H,1,15-19H2,2-4H3/t23-,24+,25?,26?. The average molecular weight is 390 g/mol. The molecule has 0 N–H and O–H groups in total. The first kappa shape index (κ1) is 20.4. The lowest BCUT2D eigenvalue weighted by molar-refractivity contribution is -0.0457. The molecule has 2 fully saturated rings. The van der Waals surface area contributed by atoms with E-state index in [1.54, 1.807) is 0 Å². The van der Waals surface area contributed by atoms with Gasteiger partial charge >= 0.3 is 0 Å². The van der Waals surface area contributed by atoms with Crippen molar-refractivity contribution in [2.24, 2.45) is 0 Å². The summed E-state index contributed by atoms with van der Waals surface area (Å²) in [5.74, 6) is 0. The molecule has 0 radical (unpaired) electrons. The highest BCUT2D eigenvalue weighted by atomic mass is 16.5. The van der Waals surface area contributed by atoms with E-state index in [4.69, 9.17) is 4.74 Å². The molecule has 0 aromatic heterocycles. The van der Waals surface area contributed by atoms with Crippen molar-refractivity contribution < 1.29 is 4.74 Å². The van der Waals surface area contributed by atoms with Gasteiger partial charge in [-0.1, -0.05) is 81.4 Å². The molecule has 4 atom stereocenters. The van der Waals surface area contributed by atoms with Crippen molar-refractivity contribution in [2.75, 3.05) is 6.54 Å². The average Bonchev–Trinajstić information content (AvgIpc) is 2.95. The fraction of sp³-hybridized carbons (Fsp3) is 0.481. The summed E-state index contributed by atoms with van der Waals surface area (Å²) in [5, 5.41) is 0. The van der Waals surface area contributed by atoms with Gasteiger partial charge in [0.15, 0.2) is 0 Å². The van der Waals surface area contributed by atoms with Crippen LogP contribution in [0.5, 0.6) is 0 Å². The number of nitrogens with zero attached hydrogens (tertiary/aromatic N) is 1. The minimum absolute atomic E-state index is 0.000530. The molecular formula is C27H35NO. The Morgan fingerprint density at radius 3 is 2.10 bits per heavy atom. The third-order valence-corrected chi connectivity index (χ3v) is 6.69. The topological polar surface area (TPSA) is 12.5 Å². The lowest BCUT2D eigenvalue weighted by atomic mass is 9.86. The lowest BCUT2D eigenvalue weighted by Crippen LogP contribution is -2.45. The molecule has 2 aromatic rings. The van der Waals surface area contributed by atoms with Gasteiger partial charge in [0, 0.05) is 18.6 Å². The van der Waals surface area contributed by atoms with Gasteiger partial charge in [0.05, 0.1) is 6.10 Å². The Morgan fingerprint density at radius 1 is 0.966 bits per heavy atom. The summed E-state index contributed by atoms with van der Waals surface area (Å²) in [6.45, 7) is 11.8. The molecule has 2 unspecified atom stereocenters. The lowest BCUT2D eigenvalue weighted by Gasteiger charge is -2.39. The molecule has 0 aliphatic carbocycles. The van der Waals surface area contributed by atoms with E-state index in [0.717, 1.165) is 19.4 Å². The quantitative estimate of drug-likeness (QED) is 0.540. The maximum Gasteiger partial charge on any atom is 0.108 e. The second kappa shape index (κ2) is 8.45. The van der Waals surface area contributed by atoms with Gasteiger partial charge in [-0.3, -0.25) is 4.90 Å². The van der Waals surface area contributed by atoms with E-state index in [1.165, 1.54) is 29.5 Å². The van der Waals surface area contributed by atoms with Crippen LogP contribution in [0.2, 0.25) is 0 Å². The summed E-state index contributed by atoms with van der Waals surface area (Å²) in [5.41, 5.74) is 4.03. The molecule has 154 valence electrons. The van der Waals surface area contributed by atoms with Crippen molar-refractivity contribution in [3.63, 3.8) is 0 Å². The second-order valence-electron chi connectivity index (χ2n) is 9.76. The highest BCUT2D eigenvalue weighted by molar-refractivity contribution is 5.34. The summed E-state index contributed by atoms with van der Waals surface area (Å²) in [6.07, 6.45) is 7.24. The zero-order valence-corrected chi connectivity index (χ0v) is 18.2. The first-order valence-corrected chi connectivity index (χ1v) is 11.1. The van der Waals surface area contributed by atoms with Crippen LogP contribution in [0.1, 0.15) is 69.2 Å². The van der Waals surface area contributed by atoms with Gasteiger partial charge in [-0.05, 0) is 47.8 Å². The summed E-state index contributed by atoms with van der Waals surface area (Å²) < 4.78 is 6.84. The molecule has 2 heteroatoms. The van der Waals surface area contributed by atoms with Gasteiger partial charge in [-0.25, -0.2) is 0 Å². The van der Waals surface area contributed by atoms with E-state index < -0.39 is 0 Å². The SMILES string of the molecule is C=CCN1[C@@H]2CC[C@H]1CC(OC(c1ccccc1)c1ccc(C(C)(C)C)cc1)C2. The van der Waals surface area contributed by atoms with E-state index in [9.17, 15) is 0 Å². The Labute approximate surface area is 176 Å². The van der Waals surface area contributed by atoms with Gasteiger partial charge in [0.1, 0.15) is 6.10 Å². The third-order valence-electron chi connectivity index (χ3n) is 6.69. The van der Waals surface area contributed by atoms with Crippen molar-refractivity contribution >= 4 is 0 Å². The highest BCUT2D eigenvalue weighted by Gasteiger charge is 2.41. The summed E-state index contributed by atoms with van der Waals surface area (Å²) in [6, 6.07) is 21.1. The number of hydrogen-bond acceptors (Lipinski definition) is 2. The van der Waals surface area contributed by atoms with Crippen LogP contribution in [0.25, 0.3) is 0 Å². The minimum atomic E-state index is 0.000530. The van der Waals surface area contributed by atoms with Gasteiger partial charge in [0.25, 0.3) is 0 Å². The first-order chi connectivity index (χ1) is 14.0. The number of fused-ring (bicyclic) bond motifs is 2. The summed E-state index contributed by atoms with van der Waals surface area (Å²) in [7, 11) is 0. The van der Waals surface area contributed by atoms with Crippen LogP contribution in [0, 0.1) is 0 Å². The molecule has 2 aliphatic rings. The van der Waals surface area contributed by atoms with Crippen molar-refractivity contribution in [2.45, 2.75) is 76.2 Å². The maximum absolute atomic E-state index is 6.84. The highest BCUT2D eigenvalue weighted by Crippen LogP contribution is 2.39. The molecule has 0 spiro atoms. The Balaban J connectivity index is 1.56. The monoisotopic (exact) mass is 389 g/mol. The molecule has 29 heavy (non-hydrogen) atoms. The van der Waals surface area contributed by atoms with Gasteiger partial charge in [-0.2, -0.15) is 0 Å². The van der Waals surface area contributed by atoms with E-state index in [2.05, 4.69) is 92.9 Å². The largest absolute Gasteiger partial charge is 0.365 e. The number of benzene rings is 2. The Bertz CT molecular complexity index is 791. The van der Waals surface area contributed by atoms with E-state index in [-0.39, 0.29) is 11.5 Å². The van der Waals surface area contributed by atoms with Gasteiger partial charge in [0.2, 0.25) is 0 Å². The zero-order chi connectivity index (χ0) is 20.4. The molecule has 0 amide bonds. The molecular weight excluding hydrogens is 354 g/mol. The summed E-state index contributed by atoms with van der Waals surface area (Å²) >= 11 is 0. The molecule has 2 heterocycles. The molecule has 2 saturated heterocycles. The van der Waals surface area contributed by atoms with E-state index in [1.807, 2.05) is 0 Å².